The van der Waals surface area contributed by atoms with Crippen LogP contribution in [0.5, 0.6) is 0 Å². The highest BCUT2D eigenvalue weighted by atomic mass is 32.2. The van der Waals surface area contributed by atoms with E-state index in [1.54, 1.807) is 11.8 Å². The molecule has 14 heavy (non-hydrogen) atoms. The van der Waals surface area contributed by atoms with E-state index in [0.717, 1.165) is 18.6 Å². The first-order valence-corrected chi connectivity index (χ1v) is 5.31. The highest BCUT2D eigenvalue weighted by Gasteiger charge is 2.37. The van der Waals surface area contributed by atoms with E-state index in [1.165, 1.54) is 0 Å². The van der Waals surface area contributed by atoms with E-state index >= 15 is 0 Å². The zero-order valence-electron chi connectivity index (χ0n) is 7.91. The van der Waals surface area contributed by atoms with Crippen molar-refractivity contribution >= 4 is 23.6 Å². The van der Waals surface area contributed by atoms with Crippen LogP contribution in [-0.4, -0.2) is 34.1 Å². The quantitative estimate of drug-likeness (QED) is 0.669. The van der Waals surface area contributed by atoms with Gasteiger partial charge in [0.05, 0.1) is 4.75 Å². The van der Waals surface area contributed by atoms with Crippen LogP contribution in [-0.2, 0) is 14.4 Å². The Kier molecular flexibility index (Phi) is 3.77. The fraction of sp³-hybridized carbons (Fsp3) is 0.750. The Morgan fingerprint density at radius 2 is 2.36 bits per heavy atom. The zero-order chi connectivity index (χ0) is 10.6. The predicted octanol–water partition coefficient (Wildman–Crippen LogP) is 0.404. The van der Waals surface area contributed by atoms with Gasteiger partial charge in [-0.25, -0.2) is 10.3 Å². The molecule has 0 bridgehead atoms. The molecule has 0 spiro atoms. The number of carbonyl (C=O) groups excluding carboxylic acids is 1. The summed E-state index contributed by atoms with van der Waals surface area (Å²) >= 11 is 1.57. The molecule has 0 radical (unpaired) electrons. The van der Waals surface area contributed by atoms with Crippen molar-refractivity contribution in [3.63, 3.8) is 0 Å². The van der Waals surface area contributed by atoms with Crippen molar-refractivity contribution in [1.29, 1.82) is 0 Å². The van der Waals surface area contributed by atoms with Crippen LogP contribution in [0, 0.1) is 0 Å². The summed E-state index contributed by atoms with van der Waals surface area (Å²) < 4.78 is -0.460. The molecule has 1 unspecified atom stereocenters. The van der Waals surface area contributed by atoms with Crippen molar-refractivity contribution in [3.05, 3.63) is 0 Å². The van der Waals surface area contributed by atoms with Crippen LogP contribution in [0.4, 0.5) is 0 Å². The van der Waals surface area contributed by atoms with E-state index in [2.05, 4.69) is 10.3 Å². The number of carboxylic acid groups (broad SMARTS) is 1. The number of carboxylic acids is 1. The highest BCUT2D eigenvalue weighted by Crippen LogP contribution is 2.37. The first-order chi connectivity index (χ1) is 6.54. The number of carbonyl (C=O) groups is 2. The van der Waals surface area contributed by atoms with Crippen LogP contribution in [0.3, 0.4) is 0 Å². The second-order valence-corrected chi connectivity index (χ2v) is 4.89. The molecule has 6 heteroatoms. The number of amides is 1. The Balaban J connectivity index is 2.30. The minimum atomic E-state index is -1.10. The van der Waals surface area contributed by atoms with Crippen molar-refractivity contribution in [2.75, 3.05) is 12.4 Å². The monoisotopic (exact) mass is 219 g/mol. The van der Waals surface area contributed by atoms with Gasteiger partial charge >= 0.3 is 5.97 Å². The molecule has 0 saturated carbocycles. The average Bonchev–Trinajstić information content (AvgIpc) is 2.52. The van der Waals surface area contributed by atoms with Crippen LogP contribution in [0.25, 0.3) is 0 Å². The van der Waals surface area contributed by atoms with E-state index < -0.39 is 17.3 Å². The number of nitrogens with one attached hydrogen (secondary N) is 1. The number of hydrogen-bond donors (Lipinski definition) is 2. The molecular weight excluding hydrogens is 206 g/mol. The molecule has 5 nitrogen and oxygen atoms in total. The Bertz CT molecular complexity index is 237. The van der Waals surface area contributed by atoms with Gasteiger partial charge in [-0.2, -0.15) is 0 Å². The summed E-state index contributed by atoms with van der Waals surface area (Å²) in [5, 5.41) is 8.27. The Morgan fingerprint density at radius 3 is 2.86 bits per heavy atom. The maximum absolute atomic E-state index is 11.5. The Hall–Kier alpha value is -0.750. The summed E-state index contributed by atoms with van der Waals surface area (Å²) in [5.41, 5.74) is 2.16. The topological polar surface area (TPSA) is 75.6 Å². The van der Waals surface area contributed by atoms with Crippen molar-refractivity contribution in [2.24, 2.45) is 0 Å². The first-order valence-electron chi connectivity index (χ1n) is 4.32. The molecule has 1 rings (SSSR count). The third-order valence-corrected chi connectivity index (χ3v) is 3.58. The summed E-state index contributed by atoms with van der Waals surface area (Å²) in [4.78, 5) is 26.1. The van der Waals surface area contributed by atoms with Crippen molar-refractivity contribution in [1.82, 2.24) is 5.48 Å². The summed E-state index contributed by atoms with van der Waals surface area (Å²) in [6.07, 6.45) is 1.81. The van der Waals surface area contributed by atoms with E-state index in [9.17, 15) is 9.59 Å². The number of thioether (sulfide) groups is 1. The Morgan fingerprint density at radius 1 is 1.64 bits per heavy atom. The molecule has 1 fully saturated rings. The minimum Gasteiger partial charge on any atom is -0.479 e. The summed E-state index contributed by atoms with van der Waals surface area (Å²) in [6.45, 7) is 1.33. The van der Waals surface area contributed by atoms with Gasteiger partial charge in [-0.05, 0) is 25.5 Å². The molecule has 1 atom stereocenters. The molecule has 0 aromatic heterocycles. The predicted molar refractivity (Wildman–Crippen MR) is 51.8 cm³/mol. The van der Waals surface area contributed by atoms with Gasteiger partial charge in [0.2, 0.25) is 0 Å². The molecule has 1 aliphatic rings. The number of aliphatic carboxylic acids is 1. The number of hydrogen-bond acceptors (Lipinski definition) is 4. The van der Waals surface area contributed by atoms with Gasteiger partial charge in [-0.15, -0.1) is 11.8 Å². The molecule has 1 amide bonds. The smallest absolute Gasteiger partial charge is 0.332 e. The second kappa shape index (κ2) is 4.65. The lowest BCUT2D eigenvalue weighted by molar-refractivity contribution is -0.150. The standard InChI is InChI=1S/C8H13NO4S/c1-8(3-2-4-14-8)7(12)9-13-5-6(10)11/h2-5H2,1H3,(H,9,12)(H,10,11). The van der Waals surface area contributed by atoms with Crippen LogP contribution in [0.15, 0.2) is 0 Å². The van der Waals surface area contributed by atoms with Gasteiger partial charge in [0, 0.05) is 0 Å². The van der Waals surface area contributed by atoms with Crippen LogP contribution in [0.1, 0.15) is 19.8 Å². The molecule has 0 aromatic rings. The van der Waals surface area contributed by atoms with E-state index in [1.807, 2.05) is 6.92 Å². The fourth-order valence-electron chi connectivity index (χ4n) is 1.23. The van der Waals surface area contributed by atoms with Crippen molar-refractivity contribution in [3.8, 4) is 0 Å². The number of rotatable bonds is 4. The zero-order valence-corrected chi connectivity index (χ0v) is 8.73. The first kappa shape index (κ1) is 11.3. The van der Waals surface area contributed by atoms with Gasteiger partial charge in [-0.3, -0.25) is 9.63 Å². The molecule has 1 saturated heterocycles. The summed E-state index contributed by atoms with van der Waals surface area (Å²) in [7, 11) is 0. The van der Waals surface area contributed by atoms with Crippen LogP contribution >= 0.6 is 11.8 Å². The lowest BCUT2D eigenvalue weighted by atomic mass is 10.1. The maximum atomic E-state index is 11.5. The lowest BCUT2D eigenvalue weighted by Gasteiger charge is -2.20. The van der Waals surface area contributed by atoms with Gasteiger partial charge in [0.15, 0.2) is 6.61 Å². The fourth-order valence-corrected chi connectivity index (χ4v) is 2.43. The molecule has 80 valence electrons. The van der Waals surface area contributed by atoms with Gasteiger partial charge < -0.3 is 5.11 Å². The highest BCUT2D eigenvalue weighted by molar-refractivity contribution is 8.01. The molecular formula is C8H13NO4S. The van der Waals surface area contributed by atoms with E-state index in [0.29, 0.717) is 0 Å². The molecule has 1 heterocycles. The Labute approximate surface area is 86.1 Å². The van der Waals surface area contributed by atoms with Crippen LogP contribution < -0.4 is 5.48 Å². The maximum Gasteiger partial charge on any atom is 0.332 e. The third-order valence-electron chi connectivity index (χ3n) is 2.06. The van der Waals surface area contributed by atoms with E-state index in [4.69, 9.17) is 5.11 Å². The minimum absolute atomic E-state index is 0.249. The molecule has 1 aliphatic heterocycles. The normalized spacial score (nSPS) is 26.1. The third kappa shape index (κ3) is 2.88. The SMILES string of the molecule is CC1(C(=O)NOCC(=O)O)CCCS1. The van der Waals surface area contributed by atoms with E-state index in [-0.39, 0.29) is 5.91 Å². The van der Waals surface area contributed by atoms with Crippen molar-refractivity contribution in [2.45, 2.75) is 24.5 Å². The van der Waals surface area contributed by atoms with Crippen molar-refractivity contribution < 1.29 is 19.5 Å². The van der Waals surface area contributed by atoms with Gasteiger partial charge in [0.1, 0.15) is 0 Å². The largest absolute Gasteiger partial charge is 0.479 e. The summed E-state index contributed by atoms with van der Waals surface area (Å²) in [6, 6.07) is 0. The lowest BCUT2D eigenvalue weighted by Crippen LogP contribution is -2.41. The number of hydroxylamine groups is 1. The van der Waals surface area contributed by atoms with Crippen LogP contribution in [0.2, 0.25) is 0 Å². The summed E-state index contributed by atoms with van der Waals surface area (Å²) in [5.74, 6) is -0.390. The van der Waals surface area contributed by atoms with Gasteiger partial charge in [0.25, 0.3) is 5.91 Å². The second-order valence-electron chi connectivity index (χ2n) is 3.30. The molecule has 0 aromatic carbocycles. The molecule has 2 N–H and O–H groups in total. The van der Waals surface area contributed by atoms with Gasteiger partial charge in [-0.1, -0.05) is 0 Å². The average molecular weight is 219 g/mol. The molecule has 0 aliphatic carbocycles.